The molecule has 0 aliphatic rings. The van der Waals surface area contributed by atoms with E-state index in [4.69, 9.17) is 5.73 Å². The largest absolute Gasteiger partial charge is 0.384 e. The van der Waals surface area contributed by atoms with Gasteiger partial charge in [-0.3, -0.25) is 0 Å². The van der Waals surface area contributed by atoms with Crippen molar-refractivity contribution in [1.29, 1.82) is 0 Å². The fourth-order valence-corrected chi connectivity index (χ4v) is 2.21. The summed E-state index contributed by atoms with van der Waals surface area (Å²) in [6, 6.07) is 12.1. The third-order valence-electron chi connectivity index (χ3n) is 3.26. The Balaban J connectivity index is 2.07. The predicted molar refractivity (Wildman–Crippen MR) is 78.1 cm³/mol. The van der Waals surface area contributed by atoms with Crippen LogP contribution in [0.3, 0.4) is 0 Å². The van der Waals surface area contributed by atoms with E-state index in [0.29, 0.717) is 17.2 Å². The molecule has 0 atom stereocenters. The van der Waals surface area contributed by atoms with Crippen LogP contribution in [0, 0.1) is 18.6 Å². The molecule has 2 N–H and O–H groups in total. The number of benzene rings is 2. The molecule has 1 heterocycles. The number of rotatable bonds is 2. The lowest BCUT2D eigenvalue weighted by atomic mass is 10.1. The highest BCUT2D eigenvalue weighted by Gasteiger charge is 2.11. The van der Waals surface area contributed by atoms with Gasteiger partial charge in [-0.25, -0.2) is 13.5 Å². The zero-order chi connectivity index (χ0) is 15.0. The third-order valence-corrected chi connectivity index (χ3v) is 3.26. The Labute approximate surface area is 120 Å². The van der Waals surface area contributed by atoms with E-state index in [0.717, 1.165) is 11.1 Å². The number of hydrogen-bond acceptors (Lipinski definition) is 2. The summed E-state index contributed by atoms with van der Waals surface area (Å²) in [5.41, 5.74) is 8.82. The summed E-state index contributed by atoms with van der Waals surface area (Å²) in [5.74, 6) is -0.176. The van der Waals surface area contributed by atoms with Crippen LogP contribution in [-0.4, -0.2) is 9.78 Å². The van der Waals surface area contributed by atoms with Gasteiger partial charge in [-0.15, -0.1) is 0 Å². The first-order chi connectivity index (χ1) is 10.0. The normalized spacial score (nSPS) is 10.8. The van der Waals surface area contributed by atoms with E-state index in [1.54, 1.807) is 35.9 Å². The molecule has 0 amide bonds. The molecular formula is C16H13F2N3. The third kappa shape index (κ3) is 2.50. The van der Waals surface area contributed by atoms with E-state index in [-0.39, 0.29) is 11.6 Å². The van der Waals surface area contributed by atoms with Crippen molar-refractivity contribution >= 4 is 5.82 Å². The maximum absolute atomic E-state index is 13.2. The van der Waals surface area contributed by atoms with E-state index >= 15 is 0 Å². The van der Waals surface area contributed by atoms with Crippen LogP contribution < -0.4 is 5.73 Å². The van der Waals surface area contributed by atoms with Crippen molar-refractivity contribution in [3.63, 3.8) is 0 Å². The fraction of sp³-hybridized carbons (Fsp3) is 0.0625. The number of nitrogen functional groups attached to an aromatic ring is 1. The first kappa shape index (κ1) is 13.3. The highest BCUT2D eigenvalue weighted by molar-refractivity contribution is 5.64. The van der Waals surface area contributed by atoms with Crippen LogP contribution in [0.1, 0.15) is 5.56 Å². The molecule has 1 aromatic heterocycles. The first-order valence-corrected chi connectivity index (χ1v) is 6.42. The molecule has 106 valence electrons. The lowest BCUT2D eigenvalue weighted by Gasteiger charge is -2.07. The number of nitrogens with zero attached hydrogens (tertiary/aromatic N) is 2. The summed E-state index contributed by atoms with van der Waals surface area (Å²) in [4.78, 5) is 0. The van der Waals surface area contributed by atoms with Gasteiger partial charge in [-0.05, 0) is 55.0 Å². The van der Waals surface area contributed by atoms with E-state index in [1.807, 2.05) is 0 Å². The molecule has 0 saturated heterocycles. The van der Waals surface area contributed by atoms with Gasteiger partial charge < -0.3 is 5.73 Å². The molecule has 0 fully saturated rings. The van der Waals surface area contributed by atoms with Crippen molar-refractivity contribution in [3.05, 3.63) is 65.7 Å². The standard InChI is InChI=1S/C16H13F2N3/c1-10-8-13(18)6-7-15(10)21-16(19)9-14(20-21)11-2-4-12(17)5-3-11/h2-9H,19H2,1H3. The molecule has 3 aromatic rings. The molecule has 3 rings (SSSR count). The van der Waals surface area contributed by atoms with Crippen LogP contribution in [0.2, 0.25) is 0 Å². The highest BCUT2D eigenvalue weighted by Crippen LogP contribution is 2.24. The molecule has 3 nitrogen and oxygen atoms in total. The Kier molecular flexibility index (Phi) is 3.17. The topological polar surface area (TPSA) is 43.8 Å². The molecule has 0 saturated carbocycles. The van der Waals surface area contributed by atoms with Gasteiger partial charge in [0.1, 0.15) is 17.5 Å². The predicted octanol–water partition coefficient (Wildman–Crippen LogP) is 3.71. The Hall–Kier alpha value is -2.69. The molecule has 2 aromatic carbocycles. The highest BCUT2D eigenvalue weighted by atomic mass is 19.1. The fourth-order valence-electron chi connectivity index (χ4n) is 2.21. The second kappa shape index (κ2) is 5.01. The van der Waals surface area contributed by atoms with Gasteiger partial charge in [-0.1, -0.05) is 0 Å². The minimum absolute atomic E-state index is 0.305. The maximum Gasteiger partial charge on any atom is 0.127 e. The van der Waals surface area contributed by atoms with Crippen LogP contribution in [0.25, 0.3) is 16.9 Å². The number of nitrogens with two attached hydrogens (primary N) is 1. The molecule has 0 bridgehead atoms. The van der Waals surface area contributed by atoms with Crippen molar-refractivity contribution in [2.24, 2.45) is 0 Å². The number of anilines is 1. The summed E-state index contributed by atoms with van der Waals surface area (Å²) in [5, 5.41) is 4.42. The van der Waals surface area contributed by atoms with Gasteiger partial charge in [0.2, 0.25) is 0 Å². The molecule has 0 radical (unpaired) electrons. The average Bonchev–Trinajstić information content (AvgIpc) is 2.81. The second-order valence-electron chi connectivity index (χ2n) is 4.80. The lowest BCUT2D eigenvalue weighted by Crippen LogP contribution is -2.03. The van der Waals surface area contributed by atoms with Crippen molar-refractivity contribution < 1.29 is 8.78 Å². The maximum atomic E-state index is 13.2. The molecule has 5 heteroatoms. The summed E-state index contributed by atoms with van der Waals surface area (Å²) in [7, 11) is 0. The van der Waals surface area contributed by atoms with E-state index in [1.165, 1.54) is 24.3 Å². The van der Waals surface area contributed by atoms with Gasteiger partial charge in [0, 0.05) is 11.6 Å². The van der Waals surface area contributed by atoms with Crippen LogP contribution in [0.5, 0.6) is 0 Å². The van der Waals surface area contributed by atoms with E-state index in [2.05, 4.69) is 5.10 Å². The molecule has 21 heavy (non-hydrogen) atoms. The van der Waals surface area contributed by atoms with Gasteiger partial charge in [0.05, 0.1) is 11.4 Å². The zero-order valence-electron chi connectivity index (χ0n) is 11.3. The Morgan fingerprint density at radius 1 is 0.952 bits per heavy atom. The van der Waals surface area contributed by atoms with Crippen molar-refractivity contribution in [2.75, 3.05) is 5.73 Å². The first-order valence-electron chi connectivity index (χ1n) is 6.42. The van der Waals surface area contributed by atoms with Gasteiger partial charge >= 0.3 is 0 Å². The van der Waals surface area contributed by atoms with Crippen LogP contribution in [0.15, 0.2) is 48.5 Å². The minimum Gasteiger partial charge on any atom is -0.384 e. The Morgan fingerprint density at radius 3 is 2.29 bits per heavy atom. The van der Waals surface area contributed by atoms with Gasteiger partial charge in [0.25, 0.3) is 0 Å². The smallest absolute Gasteiger partial charge is 0.127 e. The van der Waals surface area contributed by atoms with Gasteiger partial charge in [0.15, 0.2) is 0 Å². The van der Waals surface area contributed by atoms with Crippen molar-refractivity contribution in [1.82, 2.24) is 9.78 Å². The van der Waals surface area contributed by atoms with E-state index in [9.17, 15) is 8.78 Å². The summed E-state index contributed by atoms with van der Waals surface area (Å²) in [6.07, 6.45) is 0. The summed E-state index contributed by atoms with van der Waals surface area (Å²) in [6.45, 7) is 1.79. The molecule has 0 unspecified atom stereocenters. The van der Waals surface area contributed by atoms with Gasteiger partial charge in [-0.2, -0.15) is 5.10 Å². The Morgan fingerprint density at radius 2 is 1.62 bits per heavy atom. The second-order valence-corrected chi connectivity index (χ2v) is 4.80. The number of aryl methyl sites for hydroxylation is 1. The Bertz CT molecular complexity index is 792. The zero-order valence-corrected chi connectivity index (χ0v) is 11.3. The molecule has 0 aliphatic heterocycles. The number of hydrogen-bond donors (Lipinski definition) is 1. The van der Waals surface area contributed by atoms with Crippen LogP contribution >= 0.6 is 0 Å². The molecule has 0 aliphatic carbocycles. The quantitative estimate of drug-likeness (QED) is 0.780. The lowest BCUT2D eigenvalue weighted by molar-refractivity contribution is 0.625. The summed E-state index contributed by atoms with van der Waals surface area (Å²) >= 11 is 0. The van der Waals surface area contributed by atoms with Crippen LogP contribution in [-0.2, 0) is 0 Å². The van der Waals surface area contributed by atoms with Crippen molar-refractivity contribution in [3.8, 4) is 16.9 Å². The molecular weight excluding hydrogens is 272 g/mol. The number of halogens is 2. The van der Waals surface area contributed by atoms with Crippen LogP contribution in [0.4, 0.5) is 14.6 Å². The molecule has 0 spiro atoms. The number of aromatic nitrogens is 2. The monoisotopic (exact) mass is 285 g/mol. The minimum atomic E-state index is -0.305. The van der Waals surface area contributed by atoms with E-state index < -0.39 is 0 Å². The summed E-state index contributed by atoms with van der Waals surface area (Å²) < 4.78 is 27.7. The van der Waals surface area contributed by atoms with Crippen molar-refractivity contribution in [2.45, 2.75) is 6.92 Å². The SMILES string of the molecule is Cc1cc(F)ccc1-n1nc(-c2ccc(F)cc2)cc1N. The average molecular weight is 285 g/mol.